The lowest BCUT2D eigenvalue weighted by Gasteiger charge is -2.39. The third-order valence-corrected chi connectivity index (χ3v) is 5.32. The Morgan fingerprint density at radius 2 is 2.18 bits per heavy atom. The summed E-state index contributed by atoms with van der Waals surface area (Å²) in [4.78, 5) is 0. The highest BCUT2D eigenvalue weighted by Gasteiger charge is 2.32. The molecule has 1 unspecified atom stereocenters. The average molecular weight is 314 g/mol. The van der Waals surface area contributed by atoms with E-state index in [1.54, 1.807) is 0 Å². The van der Waals surface area contributed by atoms with Gasteiger partial charge in [0.15, 0.2) is 0 Å². The minimum atomic E-state index is 0.383. The number of halogens is 1. The Bertz CT molecular complexity index is 403. The zero-order chi connectivity index (χ0) is 12.5. The van der Waals surface area contributed by atoms with E-state index in [9.17, 15) is 0 Å². The molecular formula is C14H20BrNS. The molecule has 3 heteroatoms. The minimum Gasteiger partial charge on any atom is -0.380 e. The molecule has 94 valence electrons. The van der Waals surface area contributed by atoms with E-state index in [1.807, 2.05) is 0 Å². The maximum atomic E-state index is 3.71. The van der Waals surface area contributed by atoms with Crippen molar-refractivity contribution in [3.63, 3.8) is 0 Å². The van der Waals surface area contributed by atoms with E-state index in [0.717, 1.165) is 4.47 Å². The second-order valence-corrected chi connectivity index (χ2v) is 7.50. The fourth-order valence-electron chi connectivity index (χ4n) is 2.11. The summed E-state index contributed by atoms with van der Waals surface area (Å²) in [6.07, 6.45) is 1.29. The number of aryl methyl sites for hydroxylation is 1. The van der Waals surface area contributed by atoms with Crippen molar-refractivity contribution in [3.05, 3.63) is 28.2 Å². The second-order valence-electron chi connectivity index (χ2n) is 5.49. The highest BCUT2D eigenvalue weighted by atomic mass is 79.9. The van der Waals surface area contributed by atoms with E-state index < -0.39 is 0 Å². The Morgan fingerprint density at radius 1 is 1.41 bits per heavy atom. The van der Waals surface area contributed by atoms with Crippen LogP contribution in [0.5, 0.6) is 0 Å². The van der Waals surface area contributed by atoms with Gasteiger partial charge in [-0.3, -0.25) is 0 Å². The number of anilines is 1. The van der Waals surface area contributed by atoms with E-state index in [4.69, 9.17) is 0 Å². The monoisotopic (exact) mass is 313 g/mol. The fraction of sp³-hybridized carbons (Fsp3) is 0.571. The first kappa shape index (κ1) is 13.3. The van der Waals surface area contributed by atoms with Crippen molar-refractivity contribution >= 4 is 33.4 Å². The number of nitrogens with one attached hydrogen (secondary N) is 1. The maximum absolute atomic E-state index is 3.71. The molecule has 0 amide bonds. The van der Waals surface area contributed by atoms with Crippen LogP contribution >= 0.6 is 27.7 Å². The number of hydrogen-bond acceptors (Lipinski definition) is 2. The van der Waals surface area contributed by atoms with Crippen LogP contribution in [0.4, 0.5) is 5.69 Å². The molecule has 1 atom stereocenters. The SMILES string of the molecule is Cc1ccc(Br)c(NC2CSCCC2(C)C)c1. The van der Waals surface area contributed by atoms with Gasteiger partial charge in [0.25, 0.3) is 0 Å². The van der Waals surface area contributed by atoms with E-state index in [-0.39, 0.29) is 0 Å². The van der Waals surface area contributed by atoms with Gasteiger partial charge in [0.1, 0.15) is 0 Å². The van der Waals surface area contributed by atoms with E-state index >= 15 is 0 Å². The molecule has 1 fully saturated rings. The summed E-state index contributed by atoms with van der Waals surface area (Å²) in [6.45, 7) is 6.88. The van der Waals surface area contributed by atoms with Crippen molar-refractivity contribution in [3.8, 4) is 0 Å². The molecule has 1 aromatic rings. The molecular weight excluding hydrogens is 294 g/mol. The Morgan fingerprint density at radius 3 is 2.88 bits per heavy atom. The van der Waals surface area contributed by atoms with Gasteiger partial charge >= 0.3 is 0 Å². The first-order valence-corrected chi connectivity index (χ1v) is 8.04. The Hall–Kier alpha value is -0.150. The summed E-state index contributed by atoms with van der Waals surface area (Å²) < 4.78 is 1.16. The third-order valence-electron chi connectivity index (χ3n) is 3.57. The molecule has 1 saturated heterocycles. The zero-order valence-electron chi connectivity index (χ0n) is 10.7. The second kappa shape index (κ2) is 5.23. The van der Waals surface area contributed by atoms with Crippen LogP contribution in [0.3, 0.4) is 0 Å². The number of benzene rings is 1. The summed E-state index contributed by atoms with van der Waals surface area (Å²) in [5.41, 5.74) is 2.91. The Balaban J connectivity index is 2.16. The van der Waals surface area contributed by atoms with Crippen LogP contribution in [-0.4, -0.2) is 17.5 Å². The number of hydrogen-bond donors (Lipinski definition) is 1. The number of thioether (sulfide) groups is 1. The van der Waals surface area contributed by atoms with Crippen molar-refractivity contribution in [1.82, 2.24) is 0 Å². The lowest BCUT2D eigenvalue weighted by Crippen LogP contribution is -2.41. The van der Waals surface area contributed by atoms with Gasteiger partial charge in [-0.1, -0.05) is 19.9 Å². The van der Waals surface area contributed by atoms with Gasteiger partial charge in [-0.05, 0) is 58.1 Å². The van der Waals surface area contributed by atoms with Crippen LogP contribution in [0, 0.1) is 12.3 Å². The molecule has 1 aliphatic heterocycles. The molecule has 0 aliphatic carbocycles. The van der Waals surface area contributed by atoms with E-state index in [1.165, 1.54) is 29.2 Å². The fourth-order valence-corrected chi connectivity index (χ4v) is 4.08. The molecule has 1 aromatic carbocycles. The average Bonchev–Trinajstić information content (AvgIpc) is 2.26. The molecule has 0 aromatic heterocycles. The summed E-state index contributed by atoms with van der Waals surface area (Å²) in [5, 5.41) is 3.71. The highest BCUT2D eigenvalue weighted by molar-refractivity contribution is 9.10. The standard InChI is InChI=1S/C14H20BrNS/c1-10-4-5-11(15)12(8-10)16-13-9-17-7-6-14(13,2)3/h4-5,8,13,16H,6-7,9H2,1-3H3. The van der Waals surface area contributed by atoms with Gasteiger partial charge in [0, 0.05) is 22.0 Å². The summed E-state index contributed by atoms with van der Waals surface area (Å²) in [6, 6.07) is 7.04. The minimum absolute atomic E-state index is 0.383. The van der Waals surface area contributed by atoms with Crippen molar-refractivity contribution in [2.45, 2.75) is 33.2 Å². The van der Waals surface area contributed by atoms with Gasteiger partial charge in [-0.2, -0.15) is 11.8 Å². The van der Waals surface area contributed by atoms with Gasteiger partial charge < -0.3 is 5.32 Å². The Kier molecular flexibility index (Phi) is 4.09. The summed E-state index contributed by atoms with van der Waals surface area (Å²) in [7, 11) is 0. The molecule has 0 radical (unpaired) electrons. The largest absolute Gasteiger partial charge is 0.380 e. The van der Waals surface area contributed by atoms with Crippen LogP contribution in [0.2, 0.25) is 0 Å². The van der Waals surface area contributed by atoms with Crippen LogP contribution in [-0.2, 0) is 0 Å². The molecule has 2 rings (SSSR count). The van der Waals surface area contributed by atoms with Crippen molar-refractivity contribution in [2.75, 3.05) is 16.8 Å². The topological polar surface area (TPSA) is 12.0 Å². The molecule has 17 heavy (non-hydrogen) atoms. The van der Waals surface area contributed by atoms with E-state index in [2.05, 4.69) is 72.0 Å². The normalized spacial score (nSPS) is 23.4. The predicted octanol–water partition coefficient (Wildman–Crippen LogP) is 4.70. The smallest absolute Gasteiger partial charge is 0.0489 e. The molecule has 1 nitrogen and oxygen atoms in total. The van der Waals surface area contributed by atoms with Gasteiger partial charge in [-0.15, -0.1) is 0 Å². The van der Waals surface area contributed by atoms with Crippen LogP contribution in [0.1, 0.15) is 25.8 Å². The molecule has 1 N–H and O–H groups in total. The molecule has 0 bridgehead atoms. The first-order chi connectivity index (χ1) is 7.99. The van der Waals surface area contributed by atoms with Gasteiger partial charge in [-0.25, -0.2) is 0 Å². The van der Waals surface area contributed by atoms with Crippen LogP contribution < -0.4 is 5.32 Å². The zero-order valence-corrected chi connectivity index (χ0v) is 13.1. The number of rotatable bonds is 2. The van der Waals surface area contributed by atoms with Crippen molar-refractivity contribution < 1.29 is 0 Å². The maximum Gasteiger partial charge on any atom is 0.0489 e. The van der Waals surface area contributed by atoms with Crippen LogP contribution in [0.25, 0.3) is 0 Å². The lowest BCUT2D eigenvalue weighted by atomic mass is 9.82. The quantitative estimate of drug-likeness (QED) is 0.849. The summed E-state index contributed by atoms with van der Waals surface area (Å²) >= 11 is 5.68. The van der Waals surface area contributed by atoms with E-state index in [0.29, 0.717) is 11.5 Å². The lowest BCUT2D eigenvalue weighted by molar-refractivity contribution is 0.305. The van der Waals surface area contributed by atoms with Gasteiger partial charge in [0.2, 0.25) is 0 Å². The highest BCUT2D eigenvalue weighted by Crippen LogP contribution is 2.37. The molecule has 1 aliphatic rings. The van der Waals surface area contributed by atoms with Gasteiger partial charge in [0.05, 0.1) is 0 Å². The molecule has 0 spiro atoms. The van der Waals surface area contributed by atoms with Crippen LogP contribution in [0.15, 0.2) is 22.7 Å². The first-order valence-electron chi connectivity index (χ1n) is 6.09. The predicted molar refractivity (Wildman–Crippen MR) is 82.0 cm³/mol. The molecule has 0 saturated carbocycles. The summed E-state index contributed by atoms with van der Waals surface area (Å²) in [5.74, 6) is 2.49. The molecule has 1 heterocycles. The van der Waals surface area contributed by atoms with Crippen molar-refractivity contribution in [1.29, 1.82) is 0 Å². The Labute approximate surface area is 117 Å². The third kappa shape index (κ3) is 3.19. The van der Waals surface area contributed by atoms with Crippen molar-refractivity contribution in [2.24, 2.45) is 5.41 Å².